The van der Waals surface area contributed by atoms with E-state index in [9.17, 15) is 9.18 Å². The van der Waals surface area contributed by atoms with E-state index in [1.165, 1.54) is 12.1 Å². The maximum Gasteiger partial charge on any atom is 0.257 e. The largest absolute Gasteiger partial charge is 0.333 e. The van der Waals surface area contributed by atoms with Crippen LogP contribution in [0.3, 0.4) is 0 Å². The Morgan fingerprint density at radius 2 is 2.13 bits per heavy atom. The van der Waals surface area contributed by atoms with Gasteiger partial charge in [-0.1, -0.05) is 17.7 Å². The summed E-state index contributed by atoms with van der Waals surface area (Å²) in [5, 5.41) is 9.98. The molecule has 0 saturated carbocycles. The Bertz CT molecular complexity index is 1120. The van der Waals surface area contributed by atoms with Gasteiger partial charge in [-0.2, -0.15) is 5.10 Å². The zero-order chi connectivity index (χ0) is 21.5. The number of aromatic amines is 1. The Morgan fingerprint density at radius 3 is 2.87 bits per heavy atom. The fourth-order valence-corrected chi connectivity index (χ4v) is 4.60. The number of carbonyl (C=O) groups excluding carboxylic acids is 1. The molecule has 2 aliphatic rings. The third-order valence-electron chi connectivity index (χ3n) is 5.80. The van der Waals surface area contributed by atoms with Gasteiger partial charge in [0.25, 0.3) is 5.91 Å². The highest BCUT2D eigenvalue weighted by Gasteiger charge is 2.45. The Kier molecular flexibility index (Phi) is 5.07. The van der Waals surface area contributed by atoms with E-state index < -0.39 is 5.82 Å². The number of aromatic nitrogens is 4. The molecule has 2 aromatic heterocycles. The van der Waals surface area contributed by atoms with Crippen LogP contribution >= 0.6 is 11.6 Å². The normalized spacial score (nSPS) is 20.4. The van der Waals surface area contributed by atoms with E-state index in [1.807, 2.05) is 19.1 Å². The van der Waals surface area contributed by atoms with Crippen molar-refractivity contribution in [2.45, 2.75) is 32.0 Å². The number of amides is 1. The predicted octanol–water partition coefficient (Wildman–Crippen LogP) is 3.14. The van der Waals surface area contributed by atoms with Gasteiger partial charge in [-0.3, -0.25) is 14.8 Å². The van der Waals surface area contributed by atoms with Crippen LogP contribution in [-0.4, -0.2) is 61.0 Å². The smallest absolute Gasteiger partial charge is 0.257 e. The predicted molar refractivity (Wildman–Crippen MR) is 114 cm³/mol. The lowest BCUT2D eigenvalue weighted by atomic mass is 10.1. The molecule has 0 aliphatic carbocycles. The Balaban J connectivity index is 1.27. The molecule has 160 valence electrons. The number of aryl methyl sites for hydroxylation is 1. The average molecular weight is 442 g/mol. The lowest BCUT2D eigenvalue weighted by Crippen LogP contribution is -2.48. The Labute approximate surface area is 183 Å². The summed E-state index contributed by atoms with van der Waals surface area (Å²) in [6, 6.07) is 8.47. The monoisotopic (exact) mass is 441 g/mol. The van der Waals surface area contributed by atoms with Gasteiger partial charge >= 0.3 is 0 Å². The molecule has 31 heavy (non-hydrogen) atoms. The van der Waals surface area contributed by atoms with Crippen LogP contribution in [0.25, 0.3) is 0 Å². The summed E-state index contributed by atoms with van der Waals surface area (Å²) in [4.78, 5) is 26.1. The molecular formula is C21H21ClFN7O. The van der Waals surface area contributed by atoms with Gasteiger partial charge in [0.15, 0.2) is 11.6 Å². The molecule has 4 heterocycles. The summed E-state index contributed by atoms with van der Waals surface area (Å²) in [6.07, 6.45) is 2.60. The molecule has 2 bridgehead atoms. The van der Waals surface area contributed by atoms with E-state index in [2.05, 4.69) is 30.4 Å². The van der Waals surface area contributed by atoms with Crippen LogP contribution in [0.5, 0.6) is 0 Å². The number of rotatable bonds is 5. The van der Waals surface area contributed by atoms with Gasteiger partial charge in [0, 0.05) is 49.2 Å². The fraction of sp³-hybridized carbons (Fsp3) is 0.333. The van der Waals surface area contributed by atoms with Crippen molar-refractivity contribution in [2.75, 3.05) is 18.4 Å². The fourth-order valence-electron chi connectivity index (χ4n) is 4.42. The number of fused-ring (bicyclic) bond motifs is 2. The third-order valence-corrected chi connectivity index (χ3v) is 6.09. The van der Waals surface area contributed by atoms with Gasteiger partial charge in [-0.25, -0.2) is 14.4 Å². The number of nitrogens with zero attached hydrogens (tertiary/aromatic N) is 5. The minimum Gasteiger partial charge on any atom is -0.333 e. The maximum atomic E-state index is 14.3. The van der Waals surface area contributed by atoms with Gasteiger partial charge in [0.2, 0.25) is 0 Å². The van der Waals surface area contributed by atoms with Gasteiger partial charge in [0.1, 0.15) is 11.6 Å². The molecule has 2 aliphatic heterocycles. The number of hydrogen-bond acceptors (Lipinski definition) is 6. The topological polar surface area (TPSA) is 90.0 Å². The van der Waals surface area contributed by atoms with Crippen LogP contribution in [0.4, 0.5) is 16.0 Å². The molecule has 2 N–H and O–H groups in total. The zero-order valence-electron chi connectivity index (χ0n) is 16.8. The number of nitrogens with one attached hydrogen (secondary N) is 2. The minimum absolute atomic E-state index is 0.0303. The highest BCUT2D eigenvalue weighted by atomic mass is 35.5. The second kappa shape index (κ2) is 7.90. The number of H-pyrrole nitrogens is 1. The summed E-state index contributed by atoms with van der Waals surface area (Å²) < 4.78 is 14.3. The van der Waals surface area contributed by atoms with Crippen LogP contribution < -0.4 is 5.32 Å². The number of piperazine rings is 1. The van der Waals surface area contributed by atoms with E-state index in [4.69, 9.17) is 11.6 Å². The van der Waals surface area contributed by atoms with Crippen LogP contribution in [-0.2, 0) is 6.54 Å². The molecular weight excluding hydrogens is 421 g/mol. The van der Waals surface area contributed by atoms with E-state index in [0.717, 1.165) is 12.1 Å². The van der Waals surface area contributed by atoms with Crippen LogP contribution in [0.1, 0.15) is 28.3 Å². The summed E-state index contributed by atoms with van der Waals surface area (Å²) in [5.41, 5.74) is 0.892. The summed E-state index contributed by atoms with van der Waals surface area (Å²) in [5.74, 6) is 1.13. The van der Waals surface area contributed by atoms with Crippen molar-refractivity contribution in [3.63, 3.8) is 0 Å². The summed E-state index contributed by atoms with van der Waals surface area (Å²) >= 11 is 5.85. The van der Waals surface area contributed by atoms with Crippen molar-refractivity contribution in [3.05, 3.63) is 64.5 Å². The van der Waals surface area contributed by atoms with E-state index in [1.54, 1.807) is 17.2 Å². The molecule has 3 aromatic rings. The number of benzene rings is 1. The van der Waals surface area contributed by atoms with Crippen LogP contribution in [0, 0.1) is 12.7 Å². The molecule has 1 amide bonds. The molecule has 2 saturated heterocycles. The first kappa shape index (κ1) is 19.9. The molecule has 10 heteroatoms. The first-order chi connectivity index (χ1) is 15.0. The van der Waals surface area contributed by atoms with Gasteiger partial charge in [-0.15, -0.1) is 0 Å². The molecule has 8 nitrogen and oxygen atoms in total. The van der Waals surface area contributed by atoms with Crippen LogP contribution in [0.2, 0.25) is 5.02 Å². The molecule has 0 unspecified atom stereocenters. The van der Waals surface area contributed by atoms with Crippen molar-refractivity contribution in [1.82, 2.24) is 30.0 Å². The van der Waals surface area contributed by atoms with Crippen molar-refractivity contribution < 1.29 is 9.18 Å². The lowest BCUT2D eigenvalue weighted by Gasteiger charge is -2.34. The maximum absolute atomic E-state index is 14.3. The van der Waals surface area contributed by atoms with E-state index in [-0.39, 0.29) is 28.6 Å². The SMILES string of the molecule is Cc1cc(Nc2cc[nH]n2)nc(CN2C[C@H]3C[C@@H]2CN3C(=O)c2cccc(Cl)c2F)n1. The number of anilines is 2. The van der Waals surface area contributed by atoms with Crippen molar-refractivity contribution in [3.8, 4) is 0 Å². The van der Waals surface area contributed by atoms with Crippen molar-refractivity contribution >= 4 is 29.1 Å². The standard InChI is InChI=1S/C21H21ClFN7O/c1-12-7-18(26-17-5-6-24-28-17)27-19(25-12)11-29-9-14-8-13(29)10-30(14)21(31)15-3-2-4-16(22)20(15)23/h2-7,13-14H,8-11H2,1H3,(H2,24,25,26,27,28)/t13-,14-/m1/s1. The number of carbonyl (C=O) groups is 1. The quantitative estimate of drug-likeness (QED) is 0.632. The van der Waals surface area contributed by atoms with Crippen LogP contribution in [0.15, 0.2) is 36.5 Å². The summed E-state index contributed by atoms with van der Waals surface area (Å²) in [6.45, 7) is 3.78. The number of halogens is 2. The third kappa shape index (κ3) is 3.86. The summed E-state index contributed by atoms with van der Waals surface area (Å²) in [7, 11) is 0. The Hall–Kier alpha value is -3.04. The minimum atomic E-state index is -0.654. The number of likely N-dealkylation sites (tertiary alicyclic amines) is 2. The molecule has 5 rings (SSSR count). The van der Waals surface area contributed by atoms with Crippen molar-refractivity contribution in [2.24, 2.45) is 0 Å². The zero-order valence-corrected chi connectivity index (χ0v) is 17.6. The Morgan fingerprint density at radius 1 is 1.26 bits per heavy atom. The highest BCUT2D eigenvalue weighted by Crippen LogP contribution is 2.33. The van der Waals surface area contributed by atoms with Crippen molar-refractivity contribution in [1.29, 1.82) is 0 Å². The molecule has 2 fully saturated rings. The van der Waals surface area contributed by atoms with E-state index >= 15 is 0 Å². The second-order valence-electron chi connectivity index (χ2n) is 7.93. The lowest BCUT2D eigenvalue weighted by molar-refractivity contribution is 0.0608. The number of hydrogen-bond donors (Lipinski definition) is 2. The first-order valence-electron chi connectivity index (χ1n) is 10.1. The molecule has 1 aromatic carbocycles. The average Bonchev–Trinajstić information content (AvgIpc) is 3.47. The highest BCUT2D eigenvalue weighted by molar-refractivity contribution is 6.31. The molecule has 2 atom stereocenters. The molecule has 0 radical (unpaired) electrons. The van der Waals surface area contributed by atoms with Gasteiger partial charge in [0.05, 0.1) is 17.1 Å². The van der Waals surface area contributed by atoms with E-state index in [0.29, 0.717) is 37.1 Å². The van der Waals surface area contributed by atoms with Gasteiger partial charge in [-0.05, 0) is 25.5 Å². The van der Waals surface area contributed by atoms with Gasteiger partial charge < -0.3 is 10.2 Å². The second-order valence-corrected chi connectivity index (χ2v) is 8.33. The molecule has 0 spiro atoms. The first-order valence-corrected chi connectivity index (χ1v) is 10.5.